The Hall–Kier alpha value is -3.15. The predicted molar refractivity (Wildman–Crippen MR) is 90.1 cm³/mol. The second-order valence-electron chi connectivity index (χ2n) is 5.08. The van der Waals surface area contributed by atoms with E-state index < -0.39 is 0 Å². The number of carbonyl (C=O) groups is 1. The fourth-order valence-corrected chi connectivity index (χ4v) is 2.32. The molecule has 0 bridgehead atoms. The van der Waals surface area contributed by atoms with Crippen LogP contribution < -0.4 is 10.1 Å². The minimum atomic E-state index is -0.145. The normalized spacial score (nSPS) is 10.4. The summed E-state index contributed by atoms with van der Waals surface area (Å²) in [6, 6.07) is 12.7. The smallest absolute Gasteiger partial charge is 0.251 e. The highest BCUT2D eigenvalue weighted by Crippen LogP contribution is 2.13. The van der Waals surface area contributed by atoms with Gasteiger partial charge in [-0.3, -0.25) is 4.79 Å². The Morgan fingerprint density at radius 1 is 1.17 bits per heavy atom. The quantitative estimate of drug-likeness (QED) is 0.757. The number of nitrogens with one attached hydrogen (secondary N) is 1. The van der Waals surface area contributed by atoms with E-state index >= 15 is 0 Å². The summed E-state index contributed by atoms with van der Waals surface area (Å²) in [7, 11) is 0. The highest BCUT2D eigenvalue weighted by molar-refractivity contribution is 5.94. The van der Waals surface area contributed by atoms with Gasteiger partial charge in [-0.1, -0.05) is 6.07 Å². The molecule has 6 heteroatoms. The van der Waals surface area contributed by atoms with E-state index in [2.05, 4.69) is 15.4 Å². The Morgan fingerprint density at radius 3 is 2.71 bits per heavy atom. The van der Waals surface area contributed by atoms with Gasteiger partial charge in [-0.05, 0) is 43.3 Å². The molecule has 24 heavy (non-hydrogen) atoms. The maximum atomic E-state index is 12.3. The predicted octanol–water partition coefficient (Wildman–Crippen LogP) is 2.60. The maximum Gasteiger partial charge on any atom is 0.251 e. The molecule has 0 saturated heterocycles. The van der Waals surface area contributed by atoms with Gasteiger partial charge in [-0.25, -0.2) is 9.67 Å². The topological polar surface area (TPSA) is 69.0 Å². The molecule has 1 amide bonds. The third kappa shape index (κ3) is 3.60. The van der Waals surface area contributed by atoms with Crippen LogP contribution in [0.15, 0.2) is 61.1 Å². The van der Waals surface area contributed by atoms with Crippen LogP contribution in [0.1, 0.15) is 22.8 Å². The van der Waals surface area contributed by atoms with E-state index in [9.17, 15) is 4.79 Å². The van der Waals surface area contributed by atoms with Gasteiger partial charge in [0.1, 0.15) is 5.75 Å². The zero-order valence-corrected chi connectivity index (χ0v) is 13.3. The van der Waals surface area contributed by atoms with Crippen molar-refractivity contribution >= 4 is 5.91 Å². The van der Waals surface area contributed by atoms with Gasteiger partial charge in [0.15, 0.2) is 5.82 Å². The largest absolute Gasteiger partial charge is 0.494 e. The van der Waals surface area contributed by atoms with E-state index in [-0.39, 0.29) is 5.91 Å². The van der Waals surface area contributed by atoms with Crippen molar-refractivity contribution < 1.29 is 9.53 Å². The van der Waals surface area contributed by atoms with E-state index in [0.29, 0.717) is 24.5 Å². The van der Waals surface area contributed by atoms with E-state index in [1.165, 1.54) is 0 Å². The van der Waals surface area contributed by atoms with Crippen molar-refractivity contribution in [1.82, 2.24) is 20.1 Å². The van der Waals surface area contributed by atoms with Gasteiger partial charge in [-0.2, -0.15) is 5.10 Å². The van der Waals surface area contributed by atoms with Gasteiger partial charge in [0.05, 0.1) is 6.61 Å². The van der Waals surface area contributed by atoms with Crippen LogP contribution in [0.3, 0.4) is 0 Å². The number of nitrogens with zero attached hydrogens (tertiary/aromatic N) is 3. The molecule has 2 aromatic heterocycles. The second-order valence-corrected chi connectivity index (χ2v) is 5.08. The molecule has 6 nitrogen and oxygen atoms in total. The fraction of sp³-hybridized carbons (Fsp3) is 0.167. The lowest BCUT2D eigenvalue weighted by Crippen LogP contribution is -2.23. The SMILES string of the molecule is CCOc1ccc(C(=O)NCc2cccnc2-n2cccn2)cc1. The van der Waals surface area contributed by atoms with Gasteiger partial charge in [0, 0.05) is 36.3 Å². The van der Waals surface area contributed by atoms with Crippen molar-refractivity contribution in [3.63, 3.8) is 0 Å². The first-order chi connectivity index (χ1) is 11.8. The molecule has 1 aromatic carbocycles. The van der Waals surface area contributed by atoms with Crippen molar-refractivity contribution in [2.45, 2.75) is 13.5 Å². The number of benzene rings is 1. The molecule has 3 aromatic rings. The molecule has 0 aliphatic rings. The van der Waals surface area contributed by atoms with Crippen LogP contribution >= 0.6 is 0 Å². The molecule has 0 radical (unpaired) electrons. The number of pyridine rings is 1. The fourth-order valence-electron chi connectivity index (χ4n) is 2.32. The second kappa shape index (κ2) is 7.41. The minimum Gasteiger partial charge on any atom is -0.494 e. The molecule has 122 valence electrons. The number of hydrogen-bond acceptors (Lipinski definition) is 4. The summed E-state index contributed by atoms with van der Waals surface area (Å²) in [6.07, 6.45) is 5.21. The molecule has 2 heterocycles. The molecule has 1 N–H and O–H groups in total. The Labute approximate surface area is 140 Å². The number of carbonyl (C=O) groups excluding carboxylic acids is 1. The molecule has 0 aliphatic carbocycles. The zero-order chi connectivity index (χ0) is 16.8. The van der Waals surface area contributed by atoms with Crippen molar-refractivity contribution in [2.24, 2.45) is 0 Å². The van der Waals surface area contributed by atoms with E-state index in [4.69, 9.17) is 4.74 Å². The highest BCUT2D eigenvalue weighted by Gasteiger charge is 2.09. The third-order valence-electron chi connectivity index (χ3n) is 3.46. The van der Waals surface area contributed by atoms with Crippen LogP contribution in [0.5, 0.6) is 5.75 Å². The molecular weight excluding hydrogens is 304 g/mol. The Kier molecular flexibility index (Phi) is 4.86. The highest BCUT2D eigenvalue weighted by atomic mass is 16.5. The molecule has 0 spiro atoms. The van der Waals surface area contributed by atoms with Gasteiger partial charge in [-0.15, -0.1) is 0 Å². The Morgan fingerprint density at radius 2 is 2.00 bits per heavy atom. The monoisotopic (exact) mass is 322 g/mol. The molecule has 0 unspecified atom stereocenters. The van der Waals surface area contributed by atoms with Crippen molar-refractivity contribution in [3.8, 4) is 11.6 Å². The lowest BCUT2D eigenvalue weighted by Gasteiger charge is -2.10. The first kappa shape index (κ1) is 15.7. The van der Waals surface area contributed by atoms with E-state index in [0.717, 1.165) is 11.3 Å². The standard InChI is InChI=1S/C18H18N4O2/c1-2-24-16-8-6-14(7-9-16)18(23)20-13-15-5-3-10-19-17(15)22-12-4-11-21-22/h3-12H,2,13H2,1H3,(H,20,23). The summed E-state index contributed by atoms with van der Waals surface area (Å²) in [4.78, 5) is 16.6. The van der Waals surface area contributed by atoms with Gasteiger partial charge < -0.3 is 10.1 Å². The summed E-state index contributed by atoms with van der Waals surface area (Å²) in [5, 5.41) is 7.10. The first-order valence-electron chi connectivity index (χ1n) is 7.73. The molecular formula is C18H18N4O2. The molecule has 0 atom stereocenters. The minimum absolute atomic E-state index is 0.145. The van der Waals surface area contributed by atoms with Crippen molar-refractivity contribution in [1.29, 1.82) is 0 Å². The summed E-state index contributed by atoms with van der Waals surface area (Å²) < 4.78 is 7.06. The molecule has 0 aliphatic heterocycles. The number of ether oxygens (including phenoxy) is 1. The summed E-state index contributed by atoms with van der Waals surface area (Å²) in [5.41, 5.74) is 1.48. The Bertz CT molecular complexity index is 798. The van der Waals surface area contributed by atoms with Crippen molar-refractivity contribution in [2.75, 3.05) is 6.61 Å². The summed E-state index contributed by atoms with van der Waals surface area (Å²) in [6.45, 7) is 2.89. The van der Waals surface area contributed by atoms with Gasteiger partial charge in [0.2, 0.25) is 0 Å². The lowest BCUT2D eigenvalue weighted by molar-refractivity contribution is 0.0951. The van der Waals surface area contributed by atoms with Crippen LogP contribution in [0.2, 0.25) is 0 Å². The number of hydrogen-bond donors (Lipinski definition) is 1. The van der Waals surface area contributed by atoms with Crippen LogP contribution in [0.25, 0.3) is 5.82 Å². The molecule has 3 rings (SSSR count). The van der Waals surface area contributed by atoms with Gasteiger partial charge in [0.25, 0.3) is 5.91 Å². The number of rotatable bonds is 6. The maximum absolute atomic E-state index is 12.3. The summed E-state index contributed by atoms with van der Waals surface area (Å²) >= 11 is 0. The number of aromatic nitrogens is 3. The van der Waals surface area contributed by atoms with Gasteiger partial charge >= 0.3 is 0 Å². The first-order valence-corrected chi connectivity index (χ1v) is 7.73. The third-order valence-corrected chi connectivity index (χ3v) is 3.46. The average Bonchev–Trinajstić information content (AvgIpc) is 3.15. The summed E-state index contributed by atoms with van der Waals surface area (Å²) in [5.74, 6) is 1.31. The van der Waals surface area contributed by atoms with E-state index in [1.54, 1.807) is 41.3 Å². The molecule has 0 saturated carbocycles. The number of amides is 1. The van der Waals surface area contributed by atoms with E-state index in [1.807, 2.05) is 31.3 Å². The van der Waals surface area contributed by atoms with Crippen LogP contribution in [0, 0.1) is 0 Å². The zero-order valence-electron chi connectivity index (χ0n) is 13.3. The lowest BCUT2D eigenvalue weighted by atomic mass is 10.2. The average molecular weight is 322 g/mol. The Balaban J connectivity index is 1.69. The van der Waals surface area contributed by atoms with Crippen LogP contribution in [0.4, 0.5) is 0 Å². The van der Waals surface area contributed by atoms with Crippen LogP contribution in [-0.2, 0) is 6.54 Å². The molecule has 0 fully saturated rings. The van der Waals surface area contributed by atoms with Crippen LogP contribution in [-0.4, -0.2) is 27.3 Å². The van der Waals surface area contributed by atoms with Crippen molar-refractivity contribution in [3.05, 3.63) is 72.2 Å².